The van der Waals surface area contributed by atoms with Crippen LogP contribution in [-0.4, -0.2) is 38.7 Å². The van der Waals surface area contributed by atoms with Crippen molar-refractivity contribution in [2.75, 3.05) is 31.6 Å². The molecule has 0 radical (unpaired) electrons. The maximum Gasteiger partial charge on any atom is 0.191 e. The van der Waals surface area contributed by atoms with Crippen LogP contribution in [-0.2, 0) is 5.41 Å². The molecule has 1 saturated heterocycles. The fourth-order valence-corrected chi connectivity index (χ4v) is 4.22. The molecule has 0 spiro atoms. The lowest BCUT2D eigenvalue weighted by molar-refractivity contribution is 0.455. The van der Waals surface area contributed by atoms with Gasteiger partial charge in [0.2, 0.25) is 0 Å². The summed E-state index contributed by atoms with van der Waals surface area (Å²) < 4.78 is 0. The van der Waals surface area contributed by atoms with E-state index in [-0.39, 0.29) is 29.4 Å². The Labute approximate surface area is 184 Å². The number of piperidine rings is 1. The zero-order valence-electron chi connectivity index (χ0n) is 16.4. The van der Waals surface area contributed by atoms with Gasteiger partial charge < -0.3 is 15.5 Å². The number of benzene rings is 1. The van der Waals surface area contributed by atoms with Crippen LogP contribution >= 0.6 is 35.3 Å². The van der Waals surface area contributed by atoms with E-state index in [0.29, 0.717) is 6.04 Å². The van der Waals surface area contributed by atoms with Crippen LogP contribution in [0.4, 0.5) is 5.69 Å². The molecule has 0 aliphatic carbocycles. The fraction of sp³-hybridized carbons (Fsp3) is 0.476. The van der Waals surface area contributed by atoms with Crippen molar-refractivity contribution in [3.05, 3.63) is 52.7 Å². The van der Waals surface area contributed by atoms with E-state index in [1.54, 1.807) is 0 Å². The summed E-state index contributed by atoms with van der Waals surface area (Å²) in [6.45, 7) is 7.59. The topological polar surface area (TPSA) is 39.7 Å². The molecule has 0 unspecified atom stereocenters. The van der Waals surface area contributed by atoms with Gasteiger partial charge in [0.1, 0.15) is 0 Å². The van der Waals surface area contributed by atoms with Crippen molar-refractivity contribution < 1.29 is 0 Å². The van der Waals surface area contributed by atoms with E-state index < -0.39 is 0 Å². The van der Waals surface area contributed by atoms with Gasteiger partial charge in [0.25, 0.3) is 0 Å². The third-order valence-corrected chi connectivity index (χ3v) is 6.30. The molecule has 2 N–H and O–H groups in total. The van der Waals surface area contributed by atoms with E-state index in [4.69, 9.17) is 0 Å². The molecule has 0 amide bonds. The fourth-order valence-electron chi connectivity index (χ4n) is 3.36. The molecule has 148 valence electrons. The van der Waals surface area contributed by atoms with Crippen molar-refractivity contribution in [1.82, 2.24) is 10.6 Å². The summed E-state index contributed by atoms with van der Waals surface area (Å²) in [6, 6.07) is 15.5. The van der Waals surface area contributed by atoms with E-state index in [0.717, 1.165) is 38.4 Å². The van der Waals surface area contributed by atoms with Gasteiger partial charge in [-0.15, -0.1) is 35.3 Å². The first-order chi connectivity index (χ1) is 12.6. The van der Waals surface area contributed by atoms with Crippen LogP contribution in [0.2, 0.25) is 0 Å². The molecule has 2 heterocycles. The molecule has 0 bridgehead atoms. The first kappa shape index (κ1) is 22.0. The van der Waals surface area contributed by atoms with Gasteiger partial charge >= 0.3 is 0 Å². The molecule has 1 aromatic carbocycles. The van der Waals surface area contributed by atoms with Crippen molar-refractivity contribution in [1.29, 1.82) is 0 Å². The van der Waals surface area contributed by atoms with Gasteiger partial charge in [-0.25, -0.2) is 0 Å². The number of nitrogens with zero attached hydrogens (tertiary/aromatic N) is 2. The lowest BCUT2D eigenvalue weighted by Gasteiger charge is -2.35. The first-order valence-corrected chi connectivity index (χ1v) is 10.3. The smallest absolute Gasteiger partial charge is 0.191 e. The van der Waals surface area contributed by atoms with Gasteiger partial charge in [0.15, 0.2) is 5.96 Å². The van der Waals surface area contributed by atoms with Gasteiger partial charge in [-0.2, -0.15) is 0 Å². The summed E-state index contributed by atoms with van der Waals surface area (Å²) in [7, 11) is 1.85. The highest BCUT2D eigenvalue weighted by molar-refractivity contribution is 14.0. The number of halogens is 1. The second-order valence-corrected chi connectivity index (χ2v) is 8.48. The summed E-state index contributed by atoms with van der Waals surface area (Å²) in [5.74, 6) is 0.910. The van der Waals surface area contributed by atoms with Crippen molar-refractivity contribution in [3.63, 3.8) is 0 Å². The number of anilines is 1. The molecule has 1 aliphatic rings. The monoisotopic (exact) mass is 498 g/mol. The number of rotatable bonds is 5. The molecule has 3 rings (SSSR count). The van der Waals surface area contributed by atoms with Crippen molar-refractivity contribution in [2.45, 2.75) is 38.1 Å². The Morgan fingerprint density at radius 2 is 1.85 bits per heavy atom. The Morgan fingerprint density at radius 1 is 1.15 bits per heavy atom. The van der Waals surface area contributed by atoms with Crippen LogP contribution < -0.4 is 15.5 Å². The molecule has 2 aromatic rings. The number of hydrogen-bond donors (Lipinski definition) is 2. The highest BCUT2D eigenvalue weighted by Crippen LogP contribution is 2.26. The number of aliphatic imine (C=N–C) groups is 1. The maximum atomic E-state index is 4.43. The lowest BCUT2D eigenvalue weighted by atomic mass is 9.91. The quantitative estimate of drug-likeness (QED) is 0.363. The lowest BCUT2D eigenvalue weighted by Crippen LogP contribution is -2.50. The molecule has 4 nitrogen and oxygen atoms in total. The van der Waals surface area contributed by atoms with Crippen LogP contribution in [0.1, 0.15) is 31.6 Å². The molecule has 1 fully saturated rings. The Kier molecular flexibility index (Phi) is 8.41. The Hall–Kier alpha value is -1.28. The second-order valence-electron chi connectivity index (χ2n) is 7.53. The highest BCUT2D eigenvalue weighted by atomic mass is 127. The van der Waals surface area contributed by atoms with E-state index in [2.05, 4.69) is 82.2 Å². The van der Waals surface area contributed by atoms with E-state index in [9.17, 15) is 0 Å². The summed E-state index contributed by atoms with van der Waals surface area (Å²) in [4.78, 5) is 8.29. The molecule has 1 aromatic heterocycles. The van der Waals surface area contributed by atoms with Crippen LogP contribution in [0.15, 0.2) is 52.8 Å². The third kappa shape index (κ3) is 6.10. The zero-order chi connectivity index (χ0) is 18.4. The number of nitrogens with one attached hydrogen (secondary N) is 2. The maximum absolute atomic E-state index is 4.43. The molecular weight excluding hydrogens is 467 g/mol. The van der Waals surface area contributed by atoms with Crippen LogP contribution in [0.5, 0.6) is 0 Å². The van der Waals surface area contributed by atoms with Crippen LogP contribution in [0.3, 0.4) is 0 Å². The summed E-state index contributed by atoms with van der Waals surface area (Å²) in [6.07, 6.45) is 2.26. The minimum Gasteiger partial charge on any atom is -0.371 e. The number of thiophene rings is 1. The van der Waals surface area contributed by atoms with Gasteiger partial charge in [-0.1, -0.05) is 38.1 Å². The number of hydrogen-bond acceptors (Lipinski definition) is 3. The predicted molar refractivity (Wildman–Crippen MR) is 129 cm³/mol. The molecule has 27 heavy (non-hydrogen) atoms. The van der Waals surface area contributed by atoms with Gasteiger partial charge in [0.05, 0.1) is 0 Å². The summed E-state index contributed by atoms with van der Waals surface area (Å²) in [5, 5.41) is 9.27. The van der Waals surface area contributed by atoms with Gasteiger partial charge in [-0.05, 0) is 36.4 Å². The van der Waals surface area contributed by atoms with Crippen LogP contribution in [0.25, 0.3) is 0 Å². The molecule has 6 heteroatoms. The Balaban J connectivity index is 0.00000261. The highest BCUT2D eigenvalue weighted by Gasteiger charge is 2.24. The number of para-hydroxylation sites is 1. The Bertz CT molecular complexity index is 692. The second kappa shape index (κ2) is 10.3. The first-order valence-electron chi connectivity index (χ1n) is 9.40. The van der Waals surface area contributed by atoms with E-state index >= 15 is 0 Å². The van der Waals surface area contributed by atoms with Gasteiger partial charge in [-0.3, -0.25) is 4.99 Å². The van der Waals surface area contributed by atoms with Crippen molar-refractivity contribution in [3.8, 4) is 0 Å². The predicted octanol–water partition coefficient (Wildman–Crippen LogP) is 4.48. The summed E-state index contributed by atoms with van der Waals surface area (Å²) in [5.41, 5.74) is 1.42. The minimum absolute atomic E-state index is 0. The van der Waals surface area contributed by atoms with Crippen molar-refractivity contribution in [2.24, 2.45) is 4.99 Å². The van der Waals surface area contributed by atoms with Crippen molar-refractivity contribution >= 4 is 47.0 Å². The van der Waals surface area contributed by atoms with Crippen LogP contribution in [0, 0.1) is 0 Å². The third-order valence-electron chi connectivity index (χ3n) is 5.07. The summed E-state index contributed by atoms with van der Waals surface area (Å²) >= 11 is 1.82. The SMILES string of the molecule is CN=C(NCC(C)(C)c1cccs1)NC1CCN(c2ccccc2)CC1.I. The number of guanidine groups is 1. The normalized spacial score (nSPS) is 16.0. The Morgan fingerprint density at radius 3 is 2.44 bits per heavy atom. The zero-order valence-corrected chi connectivity index (χ0v) is 19.6. The standard InChI is InChI=1S/C21H30N4S.HI/c1-21(2,19-10-7-15-26-19)16-23-20(22-3)24-17-11-13-25(14-12-17)18-8-5-4-6-9-18;/h4-10,15,17H,11-14,16H2,1-3H3,(H2,22,23,24);1H. The largest absolute Gasteiger partial charge is 0.371 e. The van der Waals surface area contributed by atoms with E-state index in [1.165, 1.54) is 10.6 Å². The minimum atomic E-state index is 0. The average molecular weight is 498 g/mol. The van der Waals surface area contributed by atoms with Gasteiger partial charge in [0, 0.05) is 48.7 Å². The average Bonchev–Trinajstić information content (AvgIpc) is 3.22. The molecular formula is C21H31IN4S. The molecule has 0 atom stereocenters. The molecule has 0 saturated carbocycles. The molecule has 1 aliphatic heterocycles. The van der Waals surface area contributed by atoms with E-state index in [1.807, 2.05) is 18.4 Å².